The van der Waals surface area contributed by atoms with Gasteiger partial charge >= 0.3 is 0 Å². The van der Waals surface area contributed by atoms with Crippen LogP contribution in [0.2, 0.25) is 0 Å². The highest BCUT2D eigenvalue weighted by molar-refractivity contribution is 7.89. The van der Waals surface area contributed by atoms with Gasteiger partial charge in [0.2, 0.25) is 15.9 Å². The zero-order chi connectivity index (χ0) is 20.5. The number of anilines is 1. The second-order valence-corrected chi connectivity index (χ2v) is 8.82. The fourth-order valence-corrected chi connectivity index (χ4v) is 3.83. The van der Waals surface area contributed by atoms with Crippen molar-refractivity contribution < 1.29 is 22.4 Å². The fraction of sp³-hybridized carbons (Fsp3) is 0.263. The summed E-state index contributed by atoms with van der Waals surface area (Å²) in [6.07, 6.45) is 0.135. The van der Waals surface area contributed by atoms with Crippen LogP contribution in [0.1, 0.15) is 16.8 Å². The number of halogens is 1. The van der Waals surface area contributed by atoms with Gasteiger partial charge in [-0.25, -0.2) is 17.1 Å². The molecule has 9 heteroatoms. The van der Waals surface area contributed by atoms with Crippen molar-refractivity contribution in [3.63, 3.8) is 0 Å². The lowest BCUT2D eigenvalue weighted by atomic mass is 10.2. The van der Waals surface area contributed by atoms with E-state index < -0.39 is 22.0 Å². The Morgan fingerprint density at radius 2 is 1.71 bits per heavy atom. The minimum Gasteiger partial charge on any atom is -0.347 e. The summed E-state index contributed by atoms with van der Waals surface area (Å²) in [7, 11) is -0.705. The van der Waals surface area contributed by atoms with Crippen molar-refractivity contribution in [2.24, 2.45) is 0 Å². The maximum absolute atomic E-state index is 13.1. The number of hydrogen-bond acceptors (Lipinski definition) is 4. The van der Waals surface area contributed by atoms with E-state index in [4.69, 9.17) is 0 Å². The normalized spacial score (nSPS) is 17.2. The number of benzene rings is 2. The standard InChI is InChI=1S/C19H20FN3O4S/c1-22(2)28(26,27)17-9-3-13(4-10-17)19(25)21-15-11-18(24)23(12-15)16-7-5-14(20)6-8-16/h3-10,15H,11-12H2,1-2H3,(H,21,25)/t15-/m0/s1. The Kier molecular flexibility index (Phi) is 5.48. The molecule has 1 fully saturated rings. The molecule has 1 aliphatic rings. The molecule has 1 N–H and O–H groups in total. The molecule has 1 heterocycles. The molecular weight excluding hydrogens is 385 g/mol. The molecule has 3 rings (SSSR count). The summed E-state index contributed by atoms with van der Waals surface area (Å²) in [6, 6.07) is 10.8. The molecule has 0 saturated carbocycles. The Morgan fingerprint density at radius 1 is 1.11 bits per heavy atom. The number of nitrogens with one attached hydrogen (secondary N) is 1. The van der Waals surface area contributed by atoms with E-state index in [9.17, 15) is 22.4 Å². The first-order chi connectivity index (χ1) is 13.2. The molecule has 7 nitrogen and oxygen atoms in total. The molecule has 148 valence electrons. The van der Waals surface area contributed by atoms with Crippen molar-refractivity contribution in [1.82, 2.24) is 9.62 Å². The summed E-state index contributed by atoms with van der Waals surface area (Å²) in [6.45, 7) is 0.281. The highest BCUT2D eigenvalue weighted by Crippen LogP contribution is 2.22. The largest absolute Gasteiger partial charge is 0.347 e. The lowest BCUT2D eigenvalue weighted by molar-refractivity contribution is -0.117. The highest BCUT2D eigenvalue weighted by Gasteiger charge is 2.31. The zero-order valence-corrected chi connectivity index (χ0v) is 16.2. The van der Waals surface area contributed by atoms with Crippen molar-refractivity contribution in [3.05, 3.63) is 59.9 Å². The van der Waals surface area contributed by atoms with Crippen LogP contribution in [0.3, 0.4) is 0 Å². The van der Waals surface area contributed by atoms with Crippen molar-refractivity contribution in [1.29, 1.82) is 0 Å². The maximum Gasteiger partial charge on any atom is 0.251 e. The Morgan fingerprint density at radius 3 is 2.29 bits per heavy atom. The van der Waals surface area contributed by atoms with Gasteiger partial charge in [-0.15, -0.1) is 0 Å². The summed E-state index contributed by atoms with van der Waals surface area (Å²) >= 11 is 0. The number of nitrogens with zero attached hydrogens (tertiary/aromatic N) is 2. The predicted octanol–water partition coefficient (Wildman–Crippen LogP) is 1.61. The lowest BCUT2D eigenvalue weighted by Crippen LogP contribution is -2.37. The highest BCUT2D eigenvalue weighted by atomic mass is 32.2. The second kappa shape index (κ2) is 7.69. The predicted molar refractivity (Wildman–Crippen MR) is 102 cm³/mol. The minimum absolute atomic E-state index is 0.0904. The zero-order valence-electron chi connectivity index (χ0n) is 15.4. The molecule has 0 aromatic heterocycles. The third-order valence-electron chi connectivity index (χ3n) is 4.49. The summed E-state index contributed by atoms with van der Waals surface area (Å²) in [5.74, 6) is -0.947. The number of sulfonamides is 1. The van der Waals surface area contributed by atoms with Crippen LogP contribution in [-0.4, -0.2) is 51.2 Å². The van der Waals surface area contributed by atoms with Gasteiger partial charge in [0.15, 0.2) is 0 Å². The first-order valence-electron chi connectivity index (χ1n) is 8.58. The number of rotatable bonds is 5. The molecule has 0 radical (unpaired) electrons. The maximum atomic E-state index is 13.1. The fourth-order valence-electron chi connectivity index (χ4n) is 2.93. The first kappa shape index (κ1) is 20.0. The molecule has 2 amide bonds. The number of hydrogen-bond donors (Lipinski definition) is 1. The van der Waals surface area contributed by atoms with Crippen molar-refractivity contribution in [3.8, 4) is 0 Å². The molecule has 1 aliphatic heterocycles. The second-order valence-electron chi connectivity index (χ2n) is 6.67. The van der Waals surface area contributed by atoms with E-state index in [-0.39, 0.29) is 29.6 Å². The SMILES string of the molecule is CN(C)S(=O)(=O)c1ccc(C(=O)N[C@H]2CC(=O)N(c3ccc(F)cc3)C2)cc1. The van der Waals surface area contributed by atoms with E-state index in [2.05, 4.69) is 5.32 Å². The Labute approximate surface area is 162 Å². The molecule has 0 unspecified atom stereocenters. The average Bonchev–Trinajstić information content (AvgIpc) is 3.02. The molecule has 0 aliphatic carbocycles. The van der Waals surface area contributed by atoms with Gasteiger partial charge < -0.3 is 10.2 Å². The Balaban J connectivity index is 1.67. The topological polar surface area (TPSA) is 86.8 Å². The van der Waals surface area contributed by atoms with Crippen LogP contribution in [-0.2, 0) is 14.8 Å². The van der Waals surface area contributed by atoms with Crippen LogP contribution >= 0.6 is 0 Å². The molecule has 0 bridgehead atoms. The van der Waals surface area contributed by atoms with Gasteiger partial charge in [-0.1, -0.05) is 0 Å². The summed E-state index contributed by atoms with van der Waals surface area (Å²) in [5.41, 5.74) is 0.867. The van der Waals surface area contributed by atoms with Crippen LogP contribution < -0.4 is 10.2 Å². The monoisotopic (exact) mass is 405 g/mol. The summed E-state index contributed by atoms with van der Waals surface area (Å²) in [4.78, 5) is 26.2. The summed E-state index contributed by atoms with van der Waals surface area (Å²) < 4.78 is 38.3. The minimum atomic E-state index is -3.57. The van der Waals surface area contributed by atoms with Gasteiger partial charge in [0.25, 0.3) is 5.91 Å². The van der Waals surface area contributed by atoms with Gasteiger partial charge in [-0.05, 0) is 48.5 Å². The van der Waals surface area contributed by atoms with Crippen molar-refractivity contribution in [2.45, 2.75) is 17.4 Å². The average molecular weight is 405 g/mol. The molecule has 28 heavy (non-hydrogen) atoms. The summed E-state index contributed by atoms with van der Waals surface area (Å²) in [5, 5.41) is 2.78. The molecule has 2 aromatic carbocycles. The Bertz CT molecular complexity index is 989. The van der Waals surface area contributed by atoms with Gasteiger partial charge in [0, 0.05) is 38.3 Å². The molecule has 2 aromatic rings. The van der Waals surface area contributed by atoms with Crippen LogP contribution in [0.5, 0.6) is 0 Å². The van der Waals surface area contributed by atoms with E-state index in [1.807, 2.05) is 0 Å². The quantitative estimate of drug-likeness (QED) is 0.819. The third-order valence-corrected chi connectivity index (χ3v) is 6.32. The third kappa shape index (κ3) is 4.05. The number of carbonyl (C=O) groups excluding carboxylic acids is 2. The number of amides is 2. The van der Waals surface area contributed by atoms with Gasteiger partial charge in [-0.2, -0.15) is 0 Å². The van der Waals surface area contributed by atoms with E-state index in [0.717, 1.165) is 4.31 Å². The van der Waals surface area contributed by atoms with Crippen LogP contribution in [0, 0.1) is 5.82 Å². The van der Waals surface area contributed by atoms with Crippen molar-refractivity contribution >= 4 is 27.5 Å². The van der Waals surface area contributed by atoms with Gasteiger partial charge in [0.05, 0.1) is 10.9 Å². The van der Waals surface area contributed by atoms with E-state index in [1.165, 1.54) is 67.5 Å². The van der Waals surface area contributed by atoms with Gasteiger partial charge in [-0.3, -0.25) is 9.59 Å². The first-order valence-corrected chi connectivity index (χ1v) is 10.0. The van der Waals surface area contributed by atoms with Gasteiger partial charge in [0.1, 0.15) is 5.82 Å². The van der Waals surface area contributed by atoms with E-state index in [1.54, 1.807) is 0 Å². The lowest BCUT2D eigenvalue weighted by Gasteiger charge is -2.17. The smallest absolute Gasteiger partial charge is 0.251 e. The van der Waals surface area contributed by atoms with Crippen LogP contribution in [0.4, 0.5) is 10.1 Å². The number of carbonyl (C=O) groups is 2. The van der Waals surface area contributed by atoms with E-state index in [0.29, 0.717) is 11.3 Å². The molecule has 1 saturated heterocycles. The van der Waals surface area contributed by atoms with Crippen molar-refractivity contribution in [2.75, 3.05) is 25.5 Å². The van der Waals surface area contributed by atoms with Crippen LogP contribution in [0.15, 0.2) is 53.4 Å². The van der Waals surface area contributed by atoms with E-state index >= 15 is 0 Å². The molecular formula is C19H20FN3O4S. The Hall–Kier alpha value is -2.78. The molecule has 0 spiro atoms. The molecule has 1 atom stereocenters. The van der Waals surface area contributed by atoms with Crippen LogP contribution in [0.25, 0.3) is 0 Å².